The Hall–Kier alpha value is -1.52. The molecule has 0 saturated carbocycles. The van der Waals surface area contributed by atoms with Crippen molar-refractivity contribution in [1.82, 2.24) is 9.78 Å². The van der Waals surface area contributed by atoms with Gasteiger partial charge >= 0.3 is 5.97 Å². The minimum absolute atomic E-state index is 0.0367. The molecule has 1 heterocycles. The number of carbonyl (C=O) groups is 1. The van der Waals surface area contributed by atoms with Crippen LogP contribution < -0.4 is 0 Å². The SMILES string of the molecule is CC(Cc1nn(-c2cc(Cl)ccc2Cl)c(C(C)C)c1C(=O)O)CC(C)(C)C. The van der Waals surface area contributed by atoms with E-state index >= 15 is 0 Å². The van der Waals surface area contributed by atoms with Gasteiger partial charge in [-0.2, -0.15) is 5.10 Å². The Morgan fingerprint density at radius 3 is 2.37 bits per heavy atom. The van der Waals surface area contributed by atoms with Gasteiger partial charge in [-0.1, -0.05) is 64.7 Å². The first kappa shape index (κ1) is 21.8. The highest BCUT2D eigenvalue weighted by molar-refractivity contribution is 6.34. The molecule has 0 fully saturated rings. The third-order valence-corrected chi connectivity index (χ3v) is 4.95. The van der Waals surface area contributed by atoms with Crippen LogP contribution in [0.3, 0.4) is 0 Å². The van der Waals surface area contributed by atoms with Gasteiger partial charge in [0.1, 0.15) is 5.56 Å². The zero-order chi connectivity index (χ0) is 20.5. The number of aromatic nitrogens is 2. The van der Waals surface area contributed by atoms with Crippen LogP contribution in [-0.4, -0.2) is 20.9 Å². The van der Waals surface area contributed by atoms with Crippen LogP contribution in [0, 0.1) is 11.3 Å². The second-order valence-corrected chi connectivity index (χ2v) is 9.59. The minimum Gasteiger partial charge on any atom is -0.478 e. The fourth-order valence-corrected chi connectivity index (χ4v) is 4.03. The summed E-state index contributed by atoms with van der Waals surface area (Å²) in [7, 11) is 0. The van der Waals surface area contributed by atoms with E-state index in [0.29, 0.717) is 39.5 Å². The summed E-state index contributed by atoms with van der Waals surface area (Å²) in [4.78, 5) is 12.1. The normalized spacial score (nSPS) is 13.2. The molecule has 27 heavy (non-hydrogen) atoms. The van der Waals surface area contributed by atoms with Gasteiger partial charge in [0.25, 0.3) is 0 Å². The molecule has 0 spiro atoms. The Balaban J connectivity index is 2.62. The molecule has 148 valence electrons. The second-order valence-electron chi connectivity index (χ2n) is 8.75. The number of benzene rings is 1. The van der Waals surface area contributed by atoms with Crippen molar-refractivity contribution < 1.29 is 9.90 Å². The monoisotopic (exact) mass is 410 g/mol. The molecule has 1 unspecified atom stereocenters. The molecule has 4 nitrogen and oxygen atoms in total. The van der Waals surface area contributed by atoms with Gasteiger partial charge in [0, 0.05) is 5.02 Å². The van der Waals surface area contributed by atoms with Crippen LogP contribution in [0.25, 0.3) is 5.69 Å². The first-order valence-electron chi connectivity index (χ1n) is 9.21. The molecule has 2 rings (SSSR count). The Morgan fingerprint density at radius 2 is 1.85 bits per heavy atom. The van der Waals surface area contributed by atoms with Gasteiger partial charge in [0.2, 0.25) is 0 Å². The maximum atomic E-state index is 12.1. The van der Waals surface area contributed by atoms with Crippen molar-refractivity contribution in [1.29, 1.82) is 0 Å². The first-order valence-corrected chi connectivity index (χ1v) is 9.96. The van der Waals surface area contributed by atoms with E-state index in [1.54, 1.807) is 22.9 Å². The number of nitrogens with zero attached hydrogens (tertiary/aromatic N) is 2. The summed E-state index contributed by atoms with van der Waals surface area (Å²) >= 11 is 12.5. The number of aromatic carboxylic acids is 1. The van der Waals surface area contributed by atoms with Crippen molar-refractivity contribution in [2.75, 3.05) is 0 Å². The third kappa shape index (κ3) is 5.26. The molecule has 0 saturated heterocycles. The van der Waals surface area contributed by atoms with Crippen LogP contribution >= 0.6 is 23.2 Å². The highest BCUT2D eigenvalue weighted by atomic mass is 35.5. The van der Waals surface area contributed by atoms with Gasteiger partial charge in [-0.3, -0.25) is 0 Å². The van der Waals surface area contributed by atoms with E-state index in [-0.39, 0.29) is 16.9 Å². The number of hydrogen-bond acceptors (Lipinski definition) is 2. The number of hydrogen-bond donors (Lipinski definition) is 1. The maximum absolute atomic E-state index is 12.1. The molecule has 1 aromatic carbocycles. The molecule has 6 heteroatoms. The van der Waals surface area contributed by atoms with Crippen LogP contribution in [0.4, 0.5) is 0 Å². The molecule has 0 radical (unpaired) electrons. The van der Waals surface area contributed by atoms with E-state index in [0.717, 1.165) is 6.42 Å². The van der Waals surface area contributed by atoms with Crippen molar-refractivity contribution >= 4 is 29.2 Å². The van der Waals surface area contributed by atoms with Crippen LogP contribution in [0.1, 0.15) is 75.6 Å². The Bertz CT molecular complexity index is 835. The summed E-state index contributed by atoms with van der Waals surface area (Å²) in [5.74, 6) is -0.687. The topological polar surface area (TPSA) is 55.1 Å². The average Bonchev–Trinajstić information content (AvgIpc) is 2.86. The summed E-state index contributed by atoms with van der Waals surface area (Å²) in [6.07, 6.45) is 1.58. The standard InChI is InChI=1S/C21H28Cl2N2O2/c1-12(2)19-18(20(26)27)16(9-13(3)11-21(4,5)6)24-25(19)17-10-14(22)7-8-15(17)23/h7-8,10,12-13H,9,11H2,1-6H3,(H,26,27). The van der Waals surface area contributed by atoms with E-state index in [1.165, 1.54) is 0 Å². The van der Waals surface area contributed by atoms with E-state index < -0.39 is 5.97 Å². The van der Waals surface area contributed by atoms with E-state index in [4.69, 9.17) is 23.2 Å². The zero-order valence-electron chi connectivity index (χ0n) is 16.8. The minimum atomic E-state index is -0.957. The van der Waals surface area contributed by atoms with Gasteiger partial charge < -0.3 is 5.11 Å². The Kier molecular flexibility index (Phi) is 6.64. The van der Waals surface area contributed by atoms with Gasteiger partial charge in [-0.05, 0) is 48.3 Å². The van der Waals surface area contributed by atoms with Gasteiger partial charge in [-0.25, -0.2) is 9.48 Å². The molecule has 1 N–H and O–H groups in total. The summed E-state index contributed by atoms with van der Waals surface area (Å²) in [6, 6.07) is 5.13. The molecule has 0 aliphatic rings. The molecular weight excluding hydrogens is 383 g/mol. The molecule has 0 aliphatic carbocycles. The van der Waals surface area contributed by atoms with Gasteiger partial charge in [-0.15, -0.1) is 0 Å². The van der Waals surface area contributed by atoms with E-state index in [9.17, 15) is 9.90 Å². The molecule has 1 aromatic heterocycles. The average molecular weight is 411 g/mol. The zero-order valence-corrected chi connectivity index (χ0v) is 18.3. The predicted molar refractivity (Wildman–Crippen MR) is 112 cm³/mol. The summed E-state index contributed by atoms with van der Waals surface area (Å²) in [6.45, 7) is 12.6. The van der Waals surface area contributed by atoms with Crippen LogP contribution in [0.15, 0.2) is 18.2 Å². The maximum Gasteiger partial charge on any atom is 0.339 e. The van der Waals surface area contributed by atoms with Crippen LogP contribution in [-0.2, 0) is 6.42 Å². The quantitative estimate of drug-likeness (QED) is 0.582. The first-order chi connectivity index (χ1) is 12.4. The Morgan fingerprint density at radius 1 is 1.22 bits per heavy atom. The summed E-state index contributed by atoms with van der Waals surface area (Å²) in [5, 5.41) is 15.6. The lowest BCUT2D eigenvalue weighted by molar-refractivity contribution is 0.0693. The van der Waals surface area contributed by atoms with Crippen molar-refractivity contribution in [3.63, 3.8) is 0 Å². The lowest BCUT2D eigenvalue weighted by Gasteiger charge is -2.22. The molecular formula is C21H28Cl2N2O2. The van der Waals surface area contributed by atoms with Gasteiger partial charge in [0.05, 0.1) is 22.1 Å². The number of carboxylic acids is 1. The molecule has 0 bridgehead atoms. The van der Waals surface area contributed by atoms with E-state index in [1.807, 2.05) is 13.8 Å². The van der Waals surface area contributed by atoms with Crippen molar-refractivity contribution in [3.8, 4) is 5.69 Å². The highest BCUT2D eigenvalue weighted by Gasteiger charge is 2.28. The number of halogens is 2. The largest absolute Gasteiger partial charge is 0.478 e. The predicted octanol–water partition coefficient (Wildman–Crippen LogP) is 6.62. The smallest absolute Gasteiger partial charge is 0.339 e. The molecule has 1 atom stereocenters. The van der Waals surface area contributed by atoms with Gasteiger partial charge in [0.15, 0.2) is 0 Å². The van der Waals surface area contributed by atoms with Crippen molar-refractivity contribution in [3.05, 3.63) is 45.2 Å². The second kappa shape index (κ2) is 8.24. The van der Waals surface area contributed by atoms with Crippen LogP contribution in [0.5, 0.6) is 0 Å². The fourth-order valence-electron chi connectivity index (χ4n) is 3.67. The van der Waals surface area contributed by atoms with Crippen molar-refractivity contribution in [2.24, 2.45) is 11.3 Å². The molecule has 2 aromatic rings. The lowest BCUT2D eigenvalue weighted by atomic mass is 9.83. The van der Waals surface area contributed by atoms with E-state index in [2.05, 4.69) is 32.8 Å². The summed E-state index contributed by atoms with van der Waals surface area (Å²) < 4.78 is 1.65. The van der Waals surface area contributed by atoms with Crippen LogP contribution in [0.2, 0.25) is 10.0 Å². The van der Waals surface area contributed by atoms with Crippen molar-refractivity contribution in [2.45, 2.75) is 60.3 Å². The number of rotatable bonds is 6. The Labute approximate surface area is 171 Å². The fraction of sp³-hybridized carbons (Fsp3) is 0.524. The number of carboxylic acid groups (broad SMARTS) is 1. The lowest BCUT2D eigenvalue weighted by Crippen LogP contribution is -2.14. The highest BCUT2D eigenvalue weighted by Crippen LogP contribution is 2.33. The molecule has 0 amide bonds. The molecule has 0 aliphatic heterocycles. The summed E-state index contributed by atoms with van der Waals surface area (Å²) in [5.41, 5.74) is 2.29. The third-order valence-electron chi connectivity index (χ3n) is 4.39.